The third-order valence-corrected chi connectivity index (χ3v) is 4.07. The Morgan fingerprint density at radius 2 is 1.79 bits per heavy atom. The van der Waals surface area contributed by atoms with Crippen LogP contribution in [-0.2, 0) is 6.54 Å². The standard InChI is InChI=1S/C19H22N4O/c1-21(2)13-14-23-12-11-17(20-23)19(24)22(3)18-10-6-8-15-7-4-5-9-16(15)18/h4-12H,13-14H2,1-3H3. The van der Waals surface area contributed by atoms with E-state index in [1.165, 1.54) is 0 Å². The number of carbonyl (C=O) groups excluding carboxylic acids is 1. The van der Waals surface area contributed by atoms with Crippen LogP contribution < -0.4 is 4.90 Å². The van der Waals surface area contributed by atoms with E-state index in [-0.39, 0.29) is 5.91 Å². The summed E-state index contributed by atoms with van der Waals surface area (Å²) in [6.07, 6.45) is 1.85. The van der Waals surface area contributed by atoms with Crippen LogP contribution in [0.3, 0.4) is 0 Å². The quantitative estimate of drug-likeness (QED) is 0.725. The molecule has 2 aromatic carbocycles. The van der Waals surface area contributed by atoms with E-state index in [0.717, 1.165) is 29.5 Å². The summed E-state index contributed by atoms with van der Waals surface area (Å²) in [5.74, 6) is -0.102. The Morgan fingerprint density at radius 3 is 2.58 bits per heavy atom. The molecule has 0 unspecified atom stereocenters. The van der Waals surface area contributed by atoms with Gasteiger partial charge in [0.25, 0.3) is 5.91 Å². The van der Waals surface area contributed by atoms with Gasteiger partial charge in [-0.15, -0.1) is 0 Å². The first-order valence-corrected chi connectivity index (χ1v) is 8.00. The van der Waals surface area contributed by atoms with Crippen molar-refractivity contribution < 1.29 is 4.79 Å². The summed E-state index contributed by atoms with van der Waals surface area (Å²) in [5, 5.41) is 6.58. The van der Waals surface area contributed by atoms with Gasteiger partial charge in [-0.1, -0.05) is 36.4 Å². The molecule has 124 valence electrons. The molecule has 0 N–H and O–H groups in total. The maximum absolute atomic E-state index is 12.8. The summed E-state index contributed by atoms with van der Waals surface area (Å²) in [6, 6.07) is 15.8. The van der Waals surface area contributed by atoms with Gasteiger partial charge in [-0.25, -0.2) is 0 Å². The van der Waals surface area contributed by atoms with E-state index in [1.807, 2.05) is 67.4 Å². The van der Waals surface area contributed by atoms with E-state index in [9.17, 15) is 4.79 Å². The van der Waals surface area contributed by atoms with Gasteiger partial charge in [0.05, 0.1) is 12.2 Å². The number of amides is 1. The molecule has 3 aromatic rings. The van der Waals surface area contributed by atoms with Crippen molar-refractivity contribution in [3.05, 3.63) is 60.4 Å². The minimum Gasteiger partial charge on any atom is -0.309 e. The van der Waals surface area contributed by atoms with Crippen LogP contribution in [0.2, 0.25) is 0 Å². The molecule has 0 bridgehead atoms. The molecule has 0 atom stereocenters. The van der Waals surface area contributed by atoms with Crippen LogP contribution in [0.4, 0.5) is 5.69 Å². The van der Waals surface area contributed by atoms with Crippen LogP contribution in [0.15, 0.2) is 54.7 Å². The van der Waals surface area contributed by atoms with Crippen LogP contribution in [-0.4, -0.2) is 48.3 Å². The summed E-state index contributed by atoms with van der Waals surface area (Å²) in [4.78, 5) is 16.5. The third-order valence-electron chi connectivity index (χ3n) is 4.07. The minimum absolute atomic E-state index is 0.102. The van der Waals surface area contributed by atoms with Crippen molar-refractivity contribution in [2.24, 2.45) is 0 Å². The average Bonchev–Trinajstić information content (AvgIpc) is 3.07. The van der Waals surface area contributed by atoms with E-state index in [4.69, 9.17) is 0 Å². The molecule has 1 amide bonds. The zero-order valence-corrected chi connectivity index (χ0v) is 14.3. The van der Waals surface area contributed by atoms with Crippen molar-refractivity contribution in [2.45, 2.75) is 6.54 Å². The molecule has 24 heavy (non-hydrogen) atoms. The first kappa shape index (κ1) is 16.2. The van der Waals surface area contributed by atoms with E-state index in [0.29, 0.717) is 5.69 Å². The molecular formula is C19H22N4O. The highest BCUT2D eigenvalue weighted by Gasteiger charge is 2.18. The predicted molar refractivity (Wildman–Crippen MR) is 97.5 cm³/mol. The van der Waals surface area contributed by atoms with Gasteiger partial charge in [0.1, 0.15) is 0 Å². The minimum atomic E-state index is -0.102. The lowest BCUT2D eigenvalue weighted by Gasteiger charge is -2.18. The molecular weight excluding hydrogens is 300 g/mol. The average molecular weight is 322 g/mol. The number of aromatic nitrogens is 2. The number of carbonyl (C=O) groups is 1. The van der Waals surface area contributed by atoms with Crippen molar-refractivity contribution in [1.82, 2.24) is 14.7 Å². The van der Waals surface area contributed by atoms with Crippen LogP contribution in [0, 0.1) is 0 Å². The normalized spacial score (nSPS) is 11.2. The Hall–Kier alpha value is -2.66. The lowest BCUT2D eigenvalue weighted by atomic mass is 10.1. The fraction of sp³-hybridized carbons (Fsp3) is 0.263. The van der Waals surface area contributed by atoms with Gasteiger partial charge in [0, 0.05) is 25.2 Å². The lowest BCUT2D eigenvalue weighted by molar-refractivity contribution is 0.0987. The SMILES string of the molecule is CN(C)CCn1ccc(C(=O)N(C)c2cccc3ccccc23)n1. The highest BCUT2D eigenvalue weighted by molar-refractivity contribution is 6.09. The smallest absolute Gasteiger partial charge is 0.278 e. The van der Waals surface area contributed by atoms with Crippen LogP contribution in [0.5, 0.6) is 0 Å². The fourth-order valence-corrected chi connectivity index (χ4v) is 2.68. The number of hydrogen-bond donors (Lipinski definition) is 0. The second-order valence-electron chi connectivity index (χ2n) is 6.13. The molecule has 1 heterocycles. The highest BCUT2D eigenvalue weighted by atomic mass is 16.2. The number of anilines is 1. The Kier molecular flexibility index (Phi) is 4.62. The van der Waals surface area contributed by atoms with Gasteiger partial charge in [0.15, 0.2) is 5.69 Å². The number of hydrogen-bond acceptors (Lipinski definition) is 3. The Balaban J connectivity index is 1.84. The molecule has 0 saturated heterocycles. The van der Waals surface area contributed by atoms with Crippen LogP contribution in [0.25, 0.3) is 10.8 Å². The lowest BCUT2D eigenvalue weighted by Crippen LogP contribution is -2.27. The zero-order valence-electron chi connectivity index (χ0n) is 14.3. The van der Waals surface area contributed by atoms with Crippen molar-refractivity contribution in [1.29, 1.82) is 0 Å². The molecule has 0 spiro atoms. The van der Waals surface area contributed by atoms with Crippen LogP contribution in [0.1, 0.15) is 10.5 Å². The van der Waals surface area contributed by atoms with Crippen molar-refractivity contribution in [3.63, 3.8) is 0 Å². The second-order valence-corrected chi connectivity index (χ2v) is 6.13. The summed E-state index contributed by atoms with van der Waals surface area (Å²) < 4.78 is 1.81. The molecule has 1 aromatic heterocycles. The largest absolute Gasteiger partial charge is 0.309 e. The maximum Gasteiger partial charge on any atom is 0.278 e. The first-order chi connectivity index (χ1) is 11.6. The van der Waals surface area contributed by atoms with Gasteiger partial charge in [-0.05, 0) is 31.6 Å². The van der Waals surface area contributed by atoms with Gasteiger partial charge in [-0.3, -0.25) is 9.48 Å². The predicted octanol–water partition coefficient (Wildman–Crippen LogP) is 2.87. The number of likely N-dealkylation sites (N-methyl/N-ethyl adjacent to an activating group) is 1. The molecule has 5 heteroatoms. The van der Waals surface area contributed by atoms with Gasteiger partial charge < -0.3 is 9.80 Å². The summed E-state index contributed by atoms with van der Waals surface area (Å²) in [6.45, 7) is 1.65. The summed E-state index contributed by atoms with van der Waals surface area (Å²) in [5.41, 5.74) is 1.35. The zero-order chi connectivity index (χ0) is 17.1. The van der Waals surface area contributed by atoms with Gasteiger partial charge >= 0.3 is 0 Å². The van der Waals surface area contributed by atoms with Crippen LogP contribution >= 0.6 is 0 Å². The van der Waals surface area contributed by atoms with E-state index in [2.05, 4.69) is 10.00 Å². The van der Waals surface area contributed by atoms with Gasteiger partial charge in [0.2, 0.25) is 0 Å². The Bertz CT molecular complexity index is 848. The molecule has 5 nitrogen and oxygen atoms in total. The molecule has 0 saturated carbocycles. The summed E-state index contributed by atoms with van der Waals surface area (Å²) in [7, 11) is 5.83. The Morgan fingerprint density at radius 1 is 1.04 bits per heavy atom. The topological polar surface area (TPSA) is 41.4 Å². The Labute approximate surface area is 142 Å². The third kappa shape index (κ3) is 3.31. The number of nitrogens with zero attached hydrogens (tertiary/aromatic N) is 4. The van der Waals surface area contributed by atoms with E-state index in [1.54, 1.807) is 18.0 Å². The molecule has 0 fully saturated rings. The molecule has 3 rings (SSSR count). The number of fused-ring (bicyclic) bond motifs is 1. The van der Waals surface area contributed by atoms with Gasteiger partial charge in [-0.2, -0.15) is 5.10 Å². The monoisotopic (exact) mass is 322 g/mol. The highest BCUT2D eigenvalue weighted by Crippen LogP contribution is 2.26. The number of rotatable bonds is 5. The molecule has 0 aliphatic carbocycles. The first-order valence-electron chi connectivity index (χ1n) is 8.00. The van der Waals surface area contributed by atoms with Crippen molar-refractivity contribution >= 4 is 22.4 Å². The van der Waals surface area contributed by atoms with E-state index >= 15 is 0 Å². The summed E-state index contributed by atoms with van der Waals surface area (Å²) >= 11 is 0. The van der Waals surface area contributed by atoms with E-state index < -0.39 is 0 Å². The molecule has 0 aliphatic rings. The molecule has 0 aliphatic heterocycles. The fourth-order valence-electron chi connectivity index (χ4n) is 2.68. The van der Waals surface area contributed by atoms with Crippen molar-refractivity contribution in [2.75, 3.05) is 32.6 Å². The second kappa shape index (κ2) is 6.84. The molecule has 0 radical (unpaired) electrons. The maximum atomic E-state index is 12.8. The van der Waals surface area contributed by atoms with Crippen molar-refractivity contribution in [3.8, 4) is 0 Å². The number of benzene rings is 2.